The number of benzene rings is 1. The van der Waals surface area contributed by atoms with E-state index in [4.69, 9.17) is 9.84 Å². The second-order valence-corrected chi connectivity index (χ2v) is 5.86. The number of carbonyl (C=O) groups is 1. The highest BCUT2D eigenvalue weighted by Gasteiger charge is 1.98. The lowest BCUT2D eigenvalue weighted by Crippen LogP contribution is -1.98. The van der Waals surface area contributed by atoms with Crippen molar-refractivity contribution in [3.63, 3.8) is 0 Å². The molecule has 0 heterocycles. The molecule has 0 aliphatic heterocycles. The van der Waals surface area contributed by atoms with E-state index in [1.165, 1.54) is 31.2 Å². The number of ether oxygens (including phenoxy) is 1. The molecule has 0 bridgehead atoms. The highest BCUT2D eigenvalue weighted by Crippen LogP contribution is 2.15. The van der Waals surface area contributed by atoms with Gasteiger partial charge in [-0.15, -0.1) is 0 Å². The predicted molar refractivity (Wildman–Crippen MR) is 90.5 cm³/mol. The third kappa shape index (κ3) is 9.43. The van der Waals surface area contributed by atoms with Crippen molar-refractivity contribution < 1.29 is 14.6 Å². The first-order valence-corrected chi connectivity index (χ1v) is 8.66. The topological polar surface area (TPSA) is 46.5 Å². The maximum Gasteiger partial charge on any atom is 0.303 e. The quantitative estimate of drug-likeness (QED) is 0.508. The molecule has 1 N–H and O–H groups in total. The summed E-state index contributed by atoms with van der Waals surface area (Å²) in [5.41, 5.74) is 1.39. The lowest BCUT2D eigenvalue weighted by Gasteiger charge is -2.07. The van der Waals surface area contributed by atoms with Crippen LogP contribution in [0.1, 0.15) is 70.3 Å². The molecule has 0 aliphatic carbocycles. The van der Waals surface area contributed by atoms with Crippen LogP contribution in [0.25, 0.3) is 0 Å². The molecule has 0 aromatic heterocycles. The lowest BCUT2D eigenvalue weighted by atomic mass is 10.1. The molecular weight excluding hydrogens is 276 g/mol. The third-order valence-electron chi connectivity index (χ3n) is 3.80. The molecule has 0 unspecified atom stereocenters. The molecule has 0 atom stereocenters. The Kier molecular flexibility index (Phi) is 10.2. The summed E-state index contributed by atoms with van der Waals surface area (Å²) in [7, 11) is 0. The van der Waals surface area contributed by atoms with Gasteiger partial charge in [-0.1, -0.05) is 51.2 Å². The average molecular weight is 306 g/mol. The van der Waals surface area contributed by atoms with Crippen LogP contribution in [0.2, 0.25) is 0 Å². The smallest absolute Gasteiger partial charge is 0.303 e. The van der Waals surface area contributed by atoms with Crippen LogP contribution >= 0.6 is 0 Å². The van der Waals surface area contributed by atoms with Crippen LogP contribution in [0.4, 0.5) is 0 Å². The van der Waals surface area contributed by atoms with Crippen LogP contribution in [-0.4, -0.2) is 17.7 Å². The number of unbranched alkanes of at least 4 members (excludes halogenated alkanes) is 6. The first-order chi connectivity index (χ1) is 10.7. The van der Waals surface area contributed by atoms with Crippen molar-refractivity contribution in [1.82, 2.24) is 0 Å². The Morgan fingerprint density at radius 2 is 1.64 bits per heavy atom. The van der Waals surface area contributed by atoms with E-state index in [9.17, 15) is 4.79 Å². The lowest BCUT2D eigenvalue weighted by molar-refractivity contribution is -0.137. The summed E-state index contributed by atoms with van der Waals surface area (Å²) in [4.78, 5) is 10.4. The molecule has 0 aliphatic rings. The van der Waals surface area contributed by atoms with Gasteiger partial charge in [0.25, 0.3) is 0 Å². The van der Waals surface area contributed by atoms with Crippen LogP contribution in [0.5, 0.6) is 5.75 Å². The molecule has 1 rings (SSSR count). The highest BCUT2D eigenvalue weighted by atomic mass is 16.5. The molecule has 0 spiro atoms. The van der Waals surface area contributed by atoms with Crippen LogP contribution in [0, 0.1) is 0 Å². The predicted octanol–water partition coefficient (Wildman–Crippen LogP) is 5.22. The Labute approximate surface area is 134 Å². The second kappa shape index (κ2) is 12.1. The SMILES string of the molecule is CCCCCCc1ccc(OCCCCCCC(=O)O)cc1. The molecule has 0 fully saturated rings. The van der Waals surface area contributed by atoms with E-state index in [2.05, 4.69) is 31.2 Å². The minimum absolute atomic E-state index is 0.278. The van der Waals surface area contributed by atoms with Crippen molar-refractivity contribution in [3.05, 3.63) is 29.8 Å². The van der Waals surface area contributed by atoms with E-state index in [1.54, 1.807) is 0 Å². The molecule has 3 heteroatoms. The number of carboxylic acid groups (broad SMARTS) is 1. The van der Waals surface area contributed by atoms with Gasteiger partial charge in [0.05, 0.1) is 6.61 Å². The van der Waals surface area contributed by atoms with E-state index in [0.717, 1.165) is 37.9 Å². The van der Waals surface area contributed by atoms with Gasteiger partial charge in [-0.25, -0.2) is 0 Å². The van der Waals surface area contributed by atoms with Gasteiger partial charge in [-0.2, -0.15) is 0 Å². The van der Waals surface area contributed by atoms with Gasteiger partial charge in [0.2, 0.25) is 0 Å². The van der Waals surface area contributed by atoms with E-state index in [1.807, 2.05) is 0 Å². The van der Waals surface area contributed by atoms with Crippen LogP contribution in [-0.2, 0) is 11.2 Å². The molecule has 124 valence electrons. The normalized spacial score (nSPS) is 10.6. The minimum Gasteiger partial charge on any atom is -0.494 e. The van der Waals surface area contributed by atoms with Gasteiger partial charge in [0.1, 0.15) is 5.75 Å². The standard InChI is InChI=1S/C19H30O3/c1-2-3-4-7-10-17-12-14-18(15-13-17)22-16-9-6-5-8-11-19(20)21/h12-15H,2-11,16H2,1H3,(H,20,21). The minimum atomic E-state index is -0.703. The fraction of sp³-hybridized carbons (Fsp3) is 0.632. The van der Waals surface area contributed by atoms with Gasteiger partial charge < -0.3 is 9.84 Å². The molecule has 0 saturated heterocycles. The summed E-state index contributed by atoms with van der Waals surface area (Å²) in [5, 5.41) is 8.54. The van der Waals surface area contributed by atoms with Crippen molar-refractivity contribution in [2.24, 2.45) is 0 Å². The summed E-state index contributed by atoms with van der Waals surface area (Å²) in [5.74, 6) is 0.230. The van der Waals surface area contributed by atoms with Crippen molar-refractivity contribution >= 4 is 5.97 Å². The Morgan fingerprint density at radius 3 is 2.32 bits per heavy atom. The van der Waals surface area contributed by atoms with E-state index < -0.39 is 5.97 Å². The van der Waals surface area contributed by atoms with Crippen molar-refractivity contribution in [1.29, 1.82) is 0 Å². The molecular formula is C19H30O3. The monoisotopic (exact) mass is 306 g/mol. The first-order valence-electron chi connectivity index (χ1n) is 8.66. The fourth-order valence-electron chi connectivity index (χ4n) is 2.43. The van der Waals surface area contributed by atoms with Crippen LogP contribution in [0.3, 0.4) is 0 Å². The summed E-state index contributed by atoms with van der Waals surface area (Å²) in [6.07, 6.45) is 10.4. The number of hydrogen-bond donors (Lipinski definition) is 1. The molecule has 0 radical (unpaired) electrons. The Hall–Kier alpha value is -1.51. The molecule has 0 amide bonds. The summed E-state index contributed by atoms with van der Waals surface area (Å²) in [6, 6.07) is 8.43. The molecule has 1 aromatic carbocycles. The summed E-state index contributed by atoms with van der Waals surface area (Å²) >= 11 is 0. The van der Waals surface area contributed by atoms with Crippen molar-refractivity contribution in [2.75, 3.05) is 6.61 Å². The zero-order chi connectivity index (χ0) is 16.0. The highest BCUT2D eigenvalue weighted by molar-refractivity contribution is 5.66. The zero-order valence-corrected chi connectivity index (χ0v) is 13.9. The molecule has 1 aromatic rings. The number of carboxylic acids is 1. The maximum absolute atomic E-state index is 10.4. The van der Waals surface area contributed by atoms with E-state index >= 15 is 0 Å². The van der Waals surface area contributed by atoms with Crippen LogP contribution < -0.4 is 4.74 Å². The Bertz CT molecular complexity index is 398. The number of aryl methyl sites for hydroxylation is 1. The van der Waals surface area contributed by atoms with E-state index in [0.29, 0.717) is 6.61 Å². The largest absolute Gasteiger partial charge is 0.494 e. The Balaban J connectivity index is 2.07. The molecule has 0 saturated carbocycles. The number of rotatable bonds is 13. The molecule has 3 nitrogen and oxygen atoms in total. The second-order valence-electron chi connectivity index (χ2n) is 5.86. The summed E-state index contributed by atoms with van der Waals surface area (Å²) in [6.45, 7) is 2.95. The van der Waals surface area contributed by atoms with Gasteiger partial charge in [0.15, 0.2) is 0 Å². The Morgan fingerprint density at radius 1 is 0.955 bits per heavy atom. The van der Waals surface area contributed by atoms with Crippen molar-refractivity contribution in [2.45, 2.75) is 71.1 Å². The van der Waals surface area contributed by atoms with Gasteiger partial charge in [-0.05, 0) is 43.4 Å². The van der Waals surface area contributed by atoms with Crippen LogP contribution in [0.15, 0.2) is 24.3 Å². The van der Waals surface area contributed by atoms with Gasteiger partial charge in [0, 0.05) is 6.42 Å². The van der Waals surface area contributed by atoms with E-state index in [-0.39, 0.29) is 6.42 Å². The number of aliphatic carboxylic acids is 1. The third-order valence-corrected chi connectivity index (χ3v) is 3.80. The maximum atomic E-state index is 10.4. The molecule has 22 heavy (non-hydrogen) atoms. The van der Waals surface area contributed by atoms with Crippen molar-refractivity contribution in [3.8, 4) is 5.75 Å². The fourth-order valence-corrected chi connectivity index (χ4v) is 2.43. The van der Waals surface area contributed by atoms with Gasteiger partial charge in [-0.3, -0.25) is 4.79 Å². The number of hydrogen-bond acceptors (Lipinski definition) is 2. The average Bonchev–Trinajstić information content (AvgIpc) is 2.51. The van der Waals surface area contributed by atoms with Gasteiger partial charge >= 0.3 is 5.97 Å². The zero-order valence-electron chi connectivity index (χ0n) is 13.9. The summed E-state index contributed by atoms with van der Waals surface area (Å²) < 4.78 is 5.72. The first kappa shape index (κ1) is 18.5.